The van der Waals surface area contributed by atoms with Crippen LogP contribution >= 0.6 is 0 Å². The Bertz CT molecular complexity index is 393. The van der Waals surface area contributed by atoms with Gasteiger partial charge < -0.3 is 9.80 Å². The number of hydrogen-bond acceptors (Lipinski definition) is 4. The summed E-state index contributed by atoms with van der Waals surface area (Å²) in [6.07, 6.45) is 6.87. The molecule has 2 aliphatic heterocycles. The third kappa shape index (κ3) is 2.42. The molecule has 0 spiro atoms. The highest BCUT2D eigenvalue weighted by Crippen LogP contribution is 2.24. The van der Waals surface area contributed by atoms with Crippen molar-refractivity contribution in [3.63, 3.8) is 0 Å². The van der Waals surface area contributed by atoms with Gasteiger partial charge in [0.05, 0.1) is 0 Å². The predicted octanol–water partition coefficient (Wildman–Crippen LogP) is 2.31. The van der Waals surface area contributed by atoms with Gasteiger partial charge in [0.2, 0.25) is 0 Å². The van der Waals surface area contributed by atoms with Crippen molar-refractivity contribution in [3.05, 3.63) is 12.4 Å². The smallest absolute Gasteiger partial charge is 0.134 e. The zero-order valence-electron chi connectivity index (χ0n) is 11.2. The van der Waals surface area contributed by atoms with E-state index in [2.05, 4.69) is 32.8 Å². The lowest BCUT2D eigenvalue weighted by Gasteiger charge is -2.31. The van der Waals surface area contributed by atoms with Crippen LogP contribution in [0.3, 0.4) is 0 Å². The number of rotatable bonds is 2. The van der Waals surface area contributed by atoms with Crippen LogP contribution in [0.1, 0.15) is 32.6 Å². The van der Waals surface area contributed by atoms with Gasteiger partial charge in [-0.2, -0.15) is 0 Å². The van der Waals surface area contributed by atoms with Crippen LogP contribution in [-0.4, -0.2) is 36.1 Å². The minimum absolute atomic E-state index is 0.862. The molecule has 0 aliphatic carbocycles. The highest BCUT2D eigenvalue weighted by molar-refractivity contribution is 5.50. The minimum Gasteiger partial charge on any atom is -0.356 e. The molecule has 0 unspecified atom stereocenters. The molecule has 0 aromatic carbocycles. The maximum atomic E-state index is 4.45. The molecule has 0 atom stereocenters. The van der Waals surface area contributed by atoms with Crippen LogP contribution in [0.15, 0.2) is 12.4 Å². The normalized spacial score (nSPS) is 21.6. The van der Waals surface area contributed by atoms with E-state index in [1.54, 1.807) is 6.33 Å². The molecule has 0 N–H and O–H groups in total. The summed E-state index contributed by atoms with van der Waals surface area (Å²) in [4.78, 5) is 13.6. The Morgan fingerprint density at radius 1 is 0.944 bits per heavy atom. The van der Waals surface area contributed by atoms with E-state index in [1.807, 2.05) is 0 Å². The van der Waals surface area contributed by atoms with Gasteiger partial charge >= 0.3 is 0 Å². The lowest BCUT2D eigenvalue weighted by Crippen LogP contribution is -2.33. The van der Waals surface area contributed by atoms with E-state index in [1.165, 1.54) is 25.7 Å². The summed E-state index contributed by atoms with van der Waals surface area (Å²) in [6.45, 7) is 6.91. The zero-order chi connectivity index (χ0) is 12.4. The van der Waals surface area contributed by atoms with E-state index in [0.29, 0.717) is 0 Å². The summed E-state index contributed by atoms with van der Waals surface area (Å²) in [5.74, 6) is 3.08. The number of hydrogen-bond donors (Lipinski definition) is 0. The van der Waals surface area contributed by atoms with Crippen molar-refractivity contribution in [2.24, 2.45) is 5.92 Å². The third-order valence-corrected chi connectivity index (χ3v) is 4.18. The van der Waals surface area contributed by atoms with Crippen molar-refractivity contribution in [1.82, 2.24) is 9.97 Å². The first-order valence-corrected chi connectivity index (χ1v) is 7.15. The van der Waals surface area contributed by atoms with E-state index in [9.17, 15) is 0 Å². The van der Waals surface area contributed by atoms with E-state index in [4.69, 9.17) is 0 Å². The van der Waals surface area contributed by atoms with Crippen molar-refractivity contribution >= 4 is 11.6 Å². The zero-order valence-corrected chi connectivity index (χ0v) is 11.2. The first-order valence-electron chi connectivity index (χ1n) is 7.15. The highest BCUT2D eigenvalue weighted by atomic mass is 15.2. The van der Waals surface area contributed by atoms with Gasteiger partial charge in [-0.05, 0) is 31.6 Å². The fourth-order valence-electron chi connectivity index (χ4n) is 2.87. The Kier molecular flexibility index (Phi) is 3.35. The Morgan fingerprint density at radius 3 is 2.11 bits per heavy atom. The van der Waals surface area contributed by atoms with Crippen molar-refractivity contribution in [1.29, 1.82) is 0 Å². The van der Waals surface area contributed by atoms with Crippen molar-refractivity contribution < 1.29 is 0 Å². The van der Waals surface area contributed by atoms with Crippen LogP contribution in [0.2, 0.25) is 0 Å². The molecule has 0 radical (unpaired) electrons. The second-order valence-corrected chi connectivity index (χ2v) is 5.60. The maximum absolute atomic E-state index is 4.45. The van der Waals surface area contributed by atoms with Crippen LogP contribution in [-0.2, 0) is 0 Å². The molecule has 0 bridgehead atoms. The first-order chi connectivity index (χ1) is 8.83. The SMILES string of the molecule is CC1CCN(c2cc(N3CCCC3)ncn2)CC1. The van der Waals surface area contributed by atoms with Crippen LogP contribution in [0.25, 0.3) is 0 Å². The van der Waals surface area contributed by atoms with Gasteiger partial charge in [0.25, 0.3) is 0 Å². The molecule has 4 nitrogen and oxygen atoms in total. The molecule has 2 saturated heterocycles. The molecule has 98 valence electrons. The standard InChI is InChI=1S/C14H22N4/c1-12-4-8-18(9-5-12)14-10-13(15-11-16-14)17-6-2-3-7-17/h10-12H,2-9H2,1H3. The van der Waals surface area contributed by atoms with Crippen molar-refractivity contribution in [2.45, 2.75) is 32.6 Å². The number of anilines is 2. The second-order valence-electron chi connectivity index (χ2n) is 5.60. The molecule has 0 saturated carbocycles. The van der Waals surface area contributed by atoms with Gasteiger partial charge in [-0.1, -0.05) is 6.92 Å². The second kappa shape index (κ2) is 5.12. The molecular formula is C14H22N4. The van der Waals surface area contributed by atoms with E-state index in [0.717, 1.165) is 43.7 Å². The van der Waals surface area contributed by atoms with Gasteiger partial charge in [-0.25, -0.2) is 9.97 Å². The predicted molar refractivity (Wildman–Crippen MR) is 74.1 cm³/mol. The Labute approximate surface area is 109 Å². The average molecular weight is 246 g/mol. The largest absolute Gasteiger partial charge is 0.356 e. The summed E-state index contributed by atoms with van der Waals surface area (Å²) >= 11 is 0. The molecular weight excluding hydrogens is 224 g/mol. The fraction of sp³-hybridized carbons (Fsp3) is 0.714. The first kappa shape index (κ1) is 11.8. The van der Waals surface area contributed by atoms with Gasteiger partial charge in [0.15, 0.2) is 0 Å². The molecule has 3 heterocycles. The molecule has 2 fully saturated rings. The van der Waals surface area contributed by atoms with Crippen LogP contribution in [0, 0.1) is 5.92 Å². The van der Waals surface area contributed by atoms with Crippen LogP contribution < -0.4 is 9.80 Å². The maximum Gasteiger partial charge on any atom is 0.134 e. The lowest BCUT2D eigenvalue weighted by atomic mass is 9.99. The highest BCUT2D eigenvalue weighted by Gasteiger charge is 2.19. The molecule has 3 rings (SSSR count). The van der Waals surface area contributed by atoms with Crippen molar-refractivity contribution in [3.8, 4) is 0 Å². The van der Waals surface area contributed by atoms with E-state index >= 15 is 0 Å². The van der Waals surface area contributed by atoms with Gasteiger partial charge in [0, 0.05) is 32.2 Å². The third-order valence-electron chi connectivity index (χ3n) is 4.18. The molecule has 4 heteroatoms. The summed E-state index contributed by atoms with van der Waals surface area (Å²) < 4.78 is 0. The van der Waals surface area contributed by atoms with E-state index in [-0.39, 0.29) is 0 Å². The molecule has 18 heavy (non-hydrogen) atoms. The number of piperidine rings is 1. The average Bonchev–Trinajstić information content (AvgIpc) is 2.94. The quantitative estimate of drug-likeness (QED) is 0.801. The molecule has 1 aromatic rings. The summed E-state index contributed by atoms with van der Waals surface area (Å²) in [7, 11) is 0. The topological polar surface area (TPSA) is 32.3 Å². The summed E-state index contributed by atoms with van der Waals surface area (Å²) in [5, 5.41) is 0. The van der Waals surface area contributed by atoms with Gasteiger partial charge in [-0.3, -0.25) is 0 Å². The fourth-order valence-corrected chi connectivity index (χ4v) is 2.87. The lowest BCUT2D eigenvalue weighted by molar-refractivity contribution is 0.436. The Balaban J connectivity index is 1.74. The molecule has 1 aromatic heterocycles. The van der Waals surface area contributed by atoms with Crippen molar-refractivity contribution in [2.75, 3.05) is 36.0 Å². The van der Waals surface area contributed by atoms with Crippen LogP contribution in [0.4, 0.5) is 11.6 Å². The van der Waals surface area contributed by atoms with Gasteiger partial charge in [-0.15, -0.1) is 0 Å². The number of nitrogens with zero attached hydrogens (tertiary/aromatic N) is 4. The van der Waals surface area contributed by atoms with E-state index < -0.39 is 0 Å². The Morgan fingerprint density at radius 2 is 1.50 bits per heavy atom. The summed E-state index contributed by atoms with van der Waals surface area (Å²) in [6, 6.07) is 2.17. The summed E-state index contributed by atoms with van der Waals surface area (Å²) in [5.41, 5.74) is 0. The van der Waals surface area contributed by atoms with Gasteiger partial charge in [0.1, 0.15) is 18.0 Å². The number of aromatic nitrogens is 2. The molecule has 0 amide bonds. The van der Waals surface area contributed by atoms with Crippen LogP contribution in [0.5, 0.6) is 0 Å². The molecule has 2 aliphatic rings. The minimum atomic E-state index is 0.862. The monoisotopic (exact) mass is 246 g/mol. The Hall–Kier alpha value is -1.32.